The summed E-state index contributed by atoms with van der Waals surface area (Å²) in [6.07, 6.45) is 0.677. The minimum absolute atomic E-state index is 0.0944. The minimum atomic E-state index is -2.64. The summed E-state index contributed by atoms with van der Waals surface area (Å²) in [6, 6.07) is 11.3. The van der Waals surface area contributed by atoms with Crippen molar-refractivity contribution in [3.05, 3.63) is 53.8 Å². The highest BCUT2D eigenvalue weighted by atomic mass is 32.2. The van der Waals surface area contributed by atoms with Crippen LogP contribution in [0.5, 0.6) is 0 Å². The average molecular weight is 423 g/mol. The summed E-state index contributed by atoms with van der Waals surface area (Å²) in [4.78, 5) is 17.9. The molecule has 1 N–H and O–H groups in total. The van der Waals surface area contributed by atoms with Crippen LogP contribution in [0.2, 0.25) is 0 Å². The molecule has 1 aliphatic rings. The van der Waals surface area contributed by atoms with Gasteiger partial charge in [0.05, 0.1) is 17.1 Å². The van der Waals surface area contributed by atoms with Gasteiger partial charge in [-0.1, -0.05) is 12.1 Å². The zero-order chi connectivity index (χ0) is 19.7. The first-order valence-electron chi connectivity index (χ1n) is 8.63. The van der Waals surface area contributed by atoms with Crippen LogP contribution in [0.3, 0.4) is 0 Å². The molecule has 2 heterocycles. The quantitative estimate of drug-likeness (QED) is 0.597. The first kappa shape index (κ1) is 19.2. The fourth-order valence-corrected chi connectivity index (χ4v) is 4.98. The van der Waals surface area contributed by atoms with Gasteiger partial charge in [0.25, 0.3) is 5.76 Å². The van der Waals surface area contributed by atoms with Crippen molar-refractivity contribution in [2.24, 2.45) is 0 Å². The van der Waals surface area contributed by atoms with E-state index < -0.39 is 5.76 Å². The van der Waals surface area contributed by atoms with E-state index in [9.17, 15) is 18.0 Å². The number of imidazole rings is 1. The Balaban J connectivity index is 1.57. The summed E-state index contributed by atoms with van der Waals surface area (Å²) in [5, 5.41) is 3.02. The van der Waals surface area contributed by atoms with Crippen LogP contribution >= 0.6 is 23.5 Å². The lowest BCUT2D eigenvalue weighted by molar-refractivity contribution is -0.122. The molecular formula is C19H16F3N3OS2. The van der Waals surface area contributed by atoms with Crippen molar-refractivity contribution in [1.29, 1.82) is 0 Å². The lowest BCUT2D eigenvalue weighted by Gasteiger charge is -2.26. The number of amides is 1. The van der Waals surface area contributed by atoms with E-state index in [2.05, 4.69) is 10.3 Å². The SMILES string of the molecule is O=C(Cn1c(SC(F)F)nc2ccccc21)NC1CCSc2ccc(F)cc21. The predicted octanol–water partition coefficient (Wildman–Crippen LogP) is 4.84. The van der Waals surface area contributed by atoms with Crippen molar-refractivity contribution in [1.82, 2.24) is 14.9 Å². The molecule has 146 valence electrons. The Bertz CT molecular complexity index is 1020. The number of thioether (sulfide) groups is 2. The van der Waals surface area contributed by atoms with Crippen LogP contribution < -0.4 is 5.32 Å². The van der Waals surface area contributed by atoms with E-state index in [-0.39, 0.29) is 29.5 Å². The summed E-state index contributed by atoms with van der Waals surface area (Å²) >= 11 is 1.94. The molecule has 4 rings (SSSR count). The number of carbonyl (C=O) groups excluding carboxylic acids is 1. The maximum Gasteiger partial charge on any atom is 0.291 e. The summed E-state index contributed by atoms with van der Waals surface area (Å²) < 4.78 is 41.0. The second kappa shape index (κ2) is 8.08. The minimum Gasteiger partial charge on any atom is -0.348 e. The number of nitrogens with zero attached hydrogens (tertiary/aromatic N) is 2. The van der Waals surface area contributed by atoms with Crippen molar-refractivity contribution in [2.75, 3.05) is 5.75 Å². The molecule has 1 unspecified atom stereocenters. The van der Waals surface area contributed by atoms with Crippen LogP contribution in [0.25, 0.3) is 11.0 Å². The van der Waals surface area contributed by atoms with Gasteiger partial charge in [0, 0.05) is 10.6 Å². The Morgan fingerprint density at radius 1 is 1.32 bits per heavy atom. The van der Waals surface area contributed by atoms with Crippen LogP contribution in [-0.4, -0.2) is 27.0 Å². The molecular weight excluding hydrogens is 407 g/mol. The van der Waals surface area contributed by atoms with Gasteiger partial charge in [0.15, 0.2) is 5.16 Å². The summed E-state index contributed by atoms with van der Waals surface area (Å²) in [5.74, 6) is -2.50. The van der Waals surface area contributed by atoms with Gasteiger partial charge in [-0.05, 0) is 54.1 Å². The molecule has 9 heteroatoms. The molecule has 0 radical (unpaired) electrons. The van der Waals surface area contributed by atoms with E-state index in [1.54, 1.807) is 42.1 Å². The Kier molecular flexibility index (Phi) is 5.54. The number of alkyl halides is 2. The standard InChI is InChI=1S/C19H16F3N3OS2/c20-11-5-6-16-12(9-11)13(7-8-27-16)23-17(26)10-25-15-4-2-1-3-14(15)24-19(25)28-18(21)22/h1-6,9,13,18H,7-8,10H2,(H,23,26). The largest absolute Gasteiger partial charge is 0.348 e. The lowest BCUT2D eigenvalue weighted by atomic mass is 10.0. The van der Waals surface area contributed by atoms with Crippen LogP contribution in [0.4, 0.5) is 13.2 Å². The fraction of sp³-hybridized carbons (Fsp3) is 0.263. The number of rotatable bonds is 5. The zero-order valence-corrected chi connectivity index (χ0v) is 16.2. The molecule has 0 saturated carbocycles. The molecule has 2 aromatic carbocycles. The molecule has 1 atom stereocenters. The third kappa shape index (κ3) is 4.00. The molecule has 1 aliphatic heterocycles. The third-order valence-electron chi connectivity index (χ3n) is 4.46. The number of carbonyl (C=O) groups is 1. The summed E-state index contributed by atoms with van der Waals surface area (Å²) in [5.41, 5.74) is 1.92. The van der Waals surface area contributed by atoms with Gasteiger partial charge in [-0.2, -0.15) is 8.78 Å². The van der Waals surface area contributed by atoms with Gasteiger partial charge in [-0.3, -0.25) is 4.79 Å². The Hall–Kier alpha value is -2.13. The van der Waals surface area contributed by atoms with Gasteiger partial charge < -0.3 is 9.88 Å². The Morgan fingerprint density at radius 3 is 2.96 bits per heavy atom. The maximum atomic E-state index is 13.7. The number of nitrogens with one attached hydrogen (secondary N) is 1. The maximum absolute atomic E-state index is 13.7. The number of benzene rings is 2. The lowest BCUT2D eigenvalue weighted by Crippen LogP contribution is -2.33. The van der Waals surface area contributed by atoms with Gasteiger partial charge >= 0.3 is 0 Å². The number of halogens is 3. The molecule has 4 nitrogen and oxygen atoms in total. The van der Waals surface area contributed by atoms with Crippen molar-refractivity contribution in [2.45, 2.75) is 34.8 Å². The highest BCUT2D eigenvalue weighted by Crippen LogP contribution is 2.36. The van der Waals surface area contributed by atoms with Gasteiger partial charge in [-0.25, -0.2) is 9.37 Å². The third-order valence-corrected chi connectivity index (χ3v) is 6.29. The van der Waals surface area contributed by atoms with E-state index >= 15 is 0 Å². The topological polar surface area (TPSA) is 46.9 Å². The van der Waals surface area contributed by atoms with E-state index in [0.29, 0.717) is 29.2 Å². The van der Waals surface area contributed by atoms with Crippen molar-refractivity contribution < 1.29 is 18.0 Å². The first-order chi connectivity index (χ1) is 13.5. The normalized spacial score (nSPS) is 16.4. The zero-order valence-electron chi connectivity index (χ0n) is 14.6. The van der Waals surface area contributed by atoms with Gasteiger partial charge in [0.2, 0.25) is 5.91 Å². The fourth-order valence-electron chi connectivity index (χ4n) is 3.27. The number of hydrogen-bond donors (Lipinski definition) is 1. The van der Waals surface area contributed by atoms with E-state index in [0.717, 1.165) is 16.2 Å². The highest BCUT2D eigenvalue weighted by molar-refractivity contribution is 7.99. The van der Waals surface area contributed by atoms with Crippen LogP contribution in [0.1, 0.15) is 18.0 Å². The van der Waals surface area contributed by atoms with Crippen LogP contribution in [0.15, 0.2) is 52.5 Å². The molecule has 0 fully saturated rings. The number of fused-ring (bicyclic) bond motifs is 2. The van der Waals surface area contributed by atoms with Gasteiger partial charge in [0.1, 0.15) is 12.4 Å². The van der Waals surface area contributed by atoms with Crippen molar-refractivity contribution >= 4 is 40.5 Å². The number of para-hydroxylation sites is 2. The first-order valence-corrected chi connectivity index (χ1v) is 10.5. The van der Waals surface area contributed by atoms with E-state index in [1.165, 1.54) is 16.7 Å². The van der Waals surface area contributed by atoms with E-state index in [4.69, 9.17) is 0 Å². The molecule has 1 aromatic heterocycles. The molecule has 28 heavy (non-hydrogen) atoms. The second-order valence-electron chi connectivity index (χ2n) is 6.29. The molecule has 3 aromatic rings. The molecule has 0 bridgehead atoms. The molecule has 0 spiro atoms. The molecule has 1 amide bonds. The highest BCUT2D eigenvalue weighted by Gasteiger charge is 2.24. The Morgan fingerprint density at radius 2 is 2.14 bits per heavy atom. The monoisotopic (exact) mass is 423 g/mol. The smallest absolute Gasteiger partial charge is 0.291 e. The van der Waals surface area contributed by atoms with Crippen molar-refractivity contribution in [3.63, 3.8) is 0 Å². The predicted molar refractivity (Wildman–Crippen MR) is 104 cm³/mol. The summed E-state index contributed by atoms with van der Waals surface area (Å²) in [7, 11) is 0. The Labute approximate surface area is 167 Å². The summed E-state index contributed by atoms with van der Waals surface area (Å²) in [6.45, 7) is -0.135. The van der Waals surface area contributed by atoms with E-state index in [1.807, 2.05) is 0 Å². The van der Waals surface area contributed by atoms with Crippen LogP contribution in [-0.2, 0) is 11.3 Å². The second-order valence-corrected chi connectivity index (χ2v) is 8.38. The molecule has 0 saturated heterocycles. The van der Waals surface area contributed by atoms with Crippen molar-refractivity contribution in [3.8, 4) is 0 Å². The van der Waals surface area contributed by atoms with Crippen LogP contribution in [0, 0.1) is 5.82 Å². The number of hydrogen-bond acceptors (Lipinski definition) is 4. The number of aromatic nitrogens is 2. The molecule has 0 aliphatic carbocycles. The van der Waals surface area contributed by atoms with Gasteiger partial charge in [-0.15, -0.1) is 11.8 Å². The average Bonchev–Trinajstić information content (AvgIpc) is 2.99.